The number of benzene rings is 2. The zero-order chi connectivity index (χ0) is 27.1. The molecule has 4 N–H and O–H groups in total. The minimum absolute atomic E-state index is 0.0559. The number of nitrogen functional groups attached to an aromatic ring is 1. The van der Waals surface area contributed by atoms with E-state index in [0.717, 1.165) is 31.4 Å². The normalized spacial score (nSPS) is 18.3. The predicted octanol–water partition coefficient (Wildman–Crippen LogP) is 5.62. The van der Waals surface area contributed by atoms with Gasteiger partial charge in [0.2, 0.25) is 5.43 Å². The van der Waals surface area contributed by atoms with Crippen molar-refractivity contribution in [2.24, 2.45) is 0 Å². The number of carboxylic acid groups (broad SMARTS) is 1. The summed E-state index contributed by atoms with van der Waals surface area (Å²) in [6, 6.07) is 8.21. The van der Waals surface area contributed by atoms with Gasteiger partial charge in [-0.3, -0.25) is 4.79 Å². The molecule has 1 spiro atoms. The standard InChI is InChI=1S/C30H34FN3O5/c31-23-24(32)22-26-28(39-17-30(12-4-5-13-30)34(26)16-21(27(22)35)29(36)37)25(23)33-14-15-38-20-10-8-19(9-11-20)18-6-2-1-3-7-18/h8-11,16,18,33H,1-7,12-15,17,32H2,(H,36,37). The van der Waals surface area contributed by atoms with Crippen molar-refractivity contribution in [1.29, 1.82) is 0 Å². The summed E-state index contributed by atoms with van der Waals surface area (Å²) in [6.45, 7) is 0.804. The van der Waals surface area contributed by atoms with Crippen molar-refractivity contribution in [3.8, 4) is 11.5 Å². The first-order chi connectivity index (χ1) is 18.9. The van der Waals surface area contributed by atoms with Crippen LogP contribution in [0.3, 0.4) is 0 Å². The van der Waals surface area contributed by atoms with E-state index in [0.29, 0.717) is 11.4 Å². The lowest BCUT2D eigenvalue weighted by Gasteiger charge is -2.39. The summed E-state index contributed by atoms with van der Waals surface area (Å²) in [5, 5.41) is 12.6. The van der Waals surface area contributed by atoms with E-state index >= 15 is 4.39 Å². The van der Waals surface area contributed by atoms with E-state index in [2.05, 4.69) is 17.4 Å². The molecule has 1 aromatic heterocycles. The Labute approximate surface area is 225 Å². The van der Waals surface area contributed by atoms with Gasteiger partial charge < -0.3 is 30.2 Å². The largest absolute Gasteiger partial charge is 0.492 e. The Bertz CT molecular complexity index is 1470. The molecule has 2 heterocycles. The number of hydrogen-bond donors (Lipinski definition) is 3. The Kier molecular flexibility index (Phi) is 6.61. The Hall–Kier alpha value is -3.75. The molecule has 0 radical (unpaired) electrons. The molecular weight excluding hydrogens is 501 g/mol. The fourth-order valence-corrected chi connectivity index (χ4v) is 6.69. The molecule has 2 fully saturated rings. The number of aromatic carboxylic acids is 1. The van der Waals surface area contributed by atoms with E-state index in [9.17, 15) is 14.7 Å². The first-order valence-electron chi connectivity index (χ1n) is 13.9. The number of halogens is 1. The number of aromatic nitrogens is 1. The average Bonchev–Trinajstić information content (AvgIpc) is 3.42. The number of hydrogen-bond acceptors (Lipinski definition) is 6. The van der Waals surface area contributed by atoms with Crippen LogP contribution in [0, 0.1) is 5.82 Å². The summed E-state index contributed by atoms with van der Waals surface area (Å²) in [4.78, 5) is 25.0. The lowest BCUT2D eigenvalue weighted by molar-refractivity contribution is 0.0692. The van der Waals surface area contributed by atoms with E-state index in [4.69, 9.17) is 15.2 Å². The molecule has 0 bridgehead atoms. The lowest BCUT2D eigenvalue weighted by atomic mass is 9.84. The quantitative estimate of drug-likeness (QED) is 0.266. The zero-order valence-electron chi connectivity index (χ0n) is 21.9. The molecule has 1 aliphatic heterocycles. The molecule has 8 nitrogen and oxygen atoms in total. The van der Waals surface area contributed by atoms with Crippen molar-refractivity contribution in [1.82, 2.24) is 4.57 Å². The van der Waals surface area contributed by atoms with E-state index in [-0.39, 0.29) is 42.3 Å². The first kappa shape index (κ1) is 25.5. The van der Waals surface area contributed by atoms with Gasteiger partial charge in [0.1, 0.15) is 30.2 Å². The maximum atomic E-state index is 15.6. The van der Waals surface area contributed by atoms with Crippen LogP contribution in [0.2, 0.25) is 0 Å². The van der Waals surface area contributed by atoms with Crippen molar-refractivity contribution < 1.29 is 23.8 Å². The number of carboxylic acids is 1. The number of nitrogens with one attached hydrogen (secondary N) is 1. The minimum atomic E-state index is -1.36. The van der Waals surface area contributed by atoms with Crippen LogP contribution in [0.15, 0.2) is 35.3 Å². The van der Waals surface area contributed by atoms with Gasteiger partial charge in [0.05, 0.1) is 22.1 Å². The van der Waals surface area contributed by atoms with Crippen LogP contribution in [0.5, 0.6) is 11.5 Å². The van der Waals surface area contributed by atoms with Gasteiger partial charge in [0.15, 0.2) is 11.6 Å². The van der Waals surface area contributed by atoms with Crippen LogP contribution >= 0.6 is 0 Å². The molecule has 0 amide bonds. The fraction of sp³-hybridized carbons (Fsp3) is 0.467. The van der Waals surface area contributed by atoms with Crippen LogP contribution in [0.25, 0.3) is 10.9 Å². The van der Waals surface area contributed by atoms with Crippen LogP contribution in [0.4, 0.5) is 15.8 Å². The van der Waals surface area contributed by atoms with Gasteiger partial charge in [0.25, 0.3) is 0 Å². The van der Waals surface area contributed by atoms with Gasteiger partial charge in [-0.15, -0.1) is 0 Å². The second-order valence-corrected chi connectivity index (χ2v) is 11.1. The molecule has 2 aliphatic carbocycles. The SMILES string of the molecule is Nc1c(F)c(NCCOc2ccc(C3CCCCC3)cc2)c2c3c1c(=O)c(C(=O)O)cn3C1(CCCC1)CO2. The van der Waals surface area contributed by atoms with Crippen molar-refractivity contribution in [3.05, 3.63) is 57.6 Å². The average molecular weight is 536 g/mol. The van der Waals surface area contributed by atoms with Crippen molar-refractivity contribution in [3.63, 3.8) is 0 Å². The van der Waals surface area contributed by atoms with E-state index < -0.39 is 28.3 Å². The molecule has 0 saturated heterocycles. The van der Waals surface area contributed by atoms with Gasteiger partial charge in [-0.1, -0.05) is 44.2 Å². The van der Waals surface area contributed by atoms with Gasteiger partial charge in [-0.25, -0.2) is 9.18 Å². The zero-order valence-corrected chi connectivity index (χ0v) is 21.9. The molecule has 2 saturated carbocycles. The summed E-state index contributed by atoms with van der Waals surface area (Å²) in [7, 11) is 0. The summed E-state index contributed by atoms with van der Waals surface area (Å²) >= 11 is 0. The monoisotopic (exact) mass is 535 g/mol. The highest BCUT2D eigenvalue weighted by atomic mass is 19.1. The highest BCUT2D eigenvalue weighted by Crippen LogP contribution is 2.48. The fourth-order valence-electron chi connectivity index (χ4n) is 6.69. The van der Waals surface area contributed by atoms with Crippen LogP contribution in [-0.2, 0) is 5.54 Å². The number of nitrogens with zero attached hydrogens (tertiary/aromatic N) is 1. The molecule has 9 heteroatoms. The maximum absolute atomic E-state index is 15.6. The van der Waals surface area contributed by atoms with E-state index in [1.165, 1.54) is 43.9 Å². The van der Waals surface area contributed by atoms with Crippen LogP contribution < -0.4 is 26.0 Å². The summed E-state index contributed by atoms with van der Waals surface area (Å²) in [6.07, 6.45) is 11.2. The third-order valence-electron chi connectivity index (χ3n) is 8.77. The third-order valence-corrected chi connectivity index (χ3v) is 8.77. The second kappa shape index (κ2) is 10.1. The summed E-state index contributed by atoms with van der Waals surface area (Å²) in [5.41, 5.74) is 5.81. The number of rotatable bonds is 7. The molecular formula is C30H34FN3O5. The Morgan fingerprint density at radius 1 is 1.15 bits per heavy atom. The second-order valence-electron chi connectivity index (χ2n) is 11.1. The predicted molar refractivity (Wildman–Crippen MR) is 148 cm³/mol. The van der Waals surface area contributed by atoms with Gasteiger partial charge in [-0.2, -0.15) is 0 Å². The van der Waals surface area contributed by atoms with Crippen LogP contribution in [0.1, 0.15) is 79.6 Å². The molecule has 206 valence electrons. The van der Waals surface area contributed by atoms with Crippen molar-refractivity contribution in [2.45, 2.75) is 69.2 Å². The minimum Gasteiger partial charge on any atom is -0.492 e. The summed E-state index contributed by atoms with van der Waals surface area (Å²) < 4.78 is 29.4. The van der Waals surface area contributed by atoms with E-state index in [1.807, 2.05) is 16.7 Å². The van der Waals surface area contributed by atoms with Gasteiger partial charge in [0, 0.05) is 12.7 Å². The molecule has 39 heavy (non-hydrogen) atoms. The Morgan fingerprint density at radius 3 is 2.56 bits per heavy atom. The Balaban J connectivity index is 1.26. The first-order valence-corrected chi connectivity index (χ1v) is 13.9. The molecule has 0 unspecified atom stereocenters. The highest BCUT2D eigenvalue weighted by Gasteiger charge is 2.43. The summed E-state index contributed by atoms with van der Waals surface area (Å²) in [5.74, 6) is -0.647. The number of fused-ring (bicyclic) bond motifs is 1. The van der Waals surface area contributed by atoms with E-state index in [1.54, 1.807) is 0 Å². The molecule has 3 aliphatic rings. The maximum Gasteiger partial charge on any atom is 0.341 e. The topological polar surface area (TPSA) is 116 Å². The molecule has 2 aromatic carbocycles. The van der Waals surface area contributed by atoms with Crippen molar-refractivity contribution >= 4 is 28.2 Å². The van der Waals surface area contributed by atoms with Gasteiger partial charge in [-0.05, 0) is 49.3 Å². The molecule has 3 aromatic rings. The smallest absolute Gasteiger partial charge is 0.341 e. The number of pyridine rings is 1. The van der Waals surface area contributed by atoms with Crippen molar-refractivity contribution in [2.75, 3.05) is 30.8 Å². The number of nitrogens with two attached hydrogens (primary N) is 1. The highest BCUT2D eigenvalue weighted by molar-refractivity contribution is 6.03. The lowest BCUT2D eigenvalue weighted by Crippen LogP contribution is -2.42. The number of ether oxygens (including phenoxy) is 2. The third kappa shape index (κ3) is 4.37. The molecule has 6 rings (SSSR count). The molecule has 0 atom stereocenters. The van der Waals surface area contributed by atoms with Crippen LogP contribution in [-0.4, -0.2) is 35.4 Å². The van der Waals surface area contributed by atoms with Gasteiger partial charge >= 0.3 is 5.97 Å². The number of anilines is 2. The number of carbonyl (C=O) groups is 1. The Morgan fingerprint density at radius 2 is 1.87 bits per heavy atom.